The van der Waals surface area contributed by atoms with Crippen LogP contribution in [0.2, 0.25) is 0 Å². The molecule has 152 valence electrons. The summed E-state index contributed by atoms with van der Waals surface area (Å²) in [6, 6.07) is 10.5. The normalized spacial score (nSPS) is 39.9. The number of rotatable bonds is 4. The molecule has 0 N–H and O–H groups in total. The Morgan fingerprint density at radius 1 is 1.32 bits per heavy atom. The highest BCUT2D eigenvalue weighted by Crippen LogP contribution is 2.77. The molecule has 2 saturated carbocycles. The van der Waals surface area contributed by atoms with Crippen LogP contribution in [-0.2, 0) is 15.5 Å². The molecule has 0 spiro atoms. The minimum absolute atomic E-state index is 0.0131. The van der Waals surface area contributed by atoms with Gasteiger partial charge in [-0.15, -0.1) is 0 Å². The van der Waals surface area contributed by atoms with Crippen molar-refractivity contribution in [2.75, 3.05) is 0 Å². The molecule has 1 aromatic carbocycles. The highest BCUT2D eigenvalue weighted by atomic mass is 79.9. The van der Waals surface area contributed by atoms with Crippen molar-refractivity contribution in [2.24, 2.45) is 16.7 Å². The summed E-state index contributed by atoms with van der Waals surface area (Å²) in [5.74, 6) is 0.466. The fourth-order valence-corrected chi connectivity index (χ4v) is 9.55. The van der Waals surface area contributed by atoms with Crippen LogP contribution in [0.1, 0.15) is 53.0 Å². The summed E-state index contributed by atoms with van der Waals surface area (Å²) in [7, 11) is -3.27. The second kappa shape index (κ2) is 6.67. The third-order valence-electron chi connectivity index (χ3n) is 8.03. The molecule has 1 saturated heterocycles. The summed E-state index contributed by atoms with van der Waals surface area (Å²) in [5.41, 5.74) is 0.546. The number of nitrogens with zero attached hydrogens (tertiary/aromatic N) is 2. The number of benzene rings is 1. The Morgan fingerprint density at radius 2 is 1.96 bits per heavy atom. The quantitative estimate of drug-likeness (QED) is 0.511. The smallest absolute Gasteiger partial charge is 0.290 e. The van der Waals surface area contributed by atoms with E-state index in [2.05, 4.69) is 61.3 Å². The zero-order chi connectivity index (χ0) is 20.5. The van der Waals surface area contributed by atoms with Gasteiger partial charge in [-0.2, -0.15) is 5.26 Å². The minimum Gasteiger partial charge on any atom is -0.311 e. The Morgan fingerprint density at radius 3 is 2.54 bits per heavy atom. The number of halogens is 1. The lowest BCUT2D eigenvalue weighted by Gasteiger charge is -2.39. The third-order valence-corrected chi connectivity index (χ3v) is 11.5. The van der Waals surface area contributed by atoms with Gasteiger partial charge in [0, 0.05) is 22.0 Å². The second-order valence-corrected chi connectivity index (χ2v) is 13.2. The van der Waals surface area contributed by atoms with Gasteiger partial charge in [0.1, 0.15) is 5.66 Å². The molecule has 4 nitrogen and oxygen atoms in total. The van der Waals surface area contributed by atoms with E-state index in [4.69, 9.17) is 4.52 Å². The van der Waals surface area contributed by atoms with Crippen molar-refractivity contribution >= 4 is 23.4 Å². The van der Waals surface area contributed by atoms with Gasteiger partial charge in [-0.05, 0) is 62.1 Å². The average molecular weight is 465 g/mol. The molecule has 0 amide bonds. The van der Waals surface area contributed by atoms with E-state index in [9.17, 15) is 9.83 Å². The van der Waals surface area contributed by atoms with Gasteiger partial charge in [-0.25, -0.2) is 4.67 Å². The van der Waals surface area contributed by atoms with Crippen molar-refractivity contribution < 1.29 is 9.09 Å². The molecule has 3 aliphatic rings. The maximum absolute atomic E-state index is 14.3. The maximum atomic E-state index is 14.3. The Bertz CT molecular complexity index is 862. The van der Waals surface area contributed by atoms with Gasteiger partial charge in [-0.1, -0.05) is 48.8 Å². The molecule has 4 rings (SSSR count). The number of fused-ring (bicyclic) bond motifs is 5. The molecule has 2 aliphatic carbocycles. The lowest BCUT2D eigenvalue weighted by atomic mass is 9.70. The van der Waals surface area contributed by atoms with Crippen LogP contribution in [0.25, 0.3) is 0 Å². The van der Waals surface area contributed by atoms with Crippen molar-refractivity contribution in [2.45, 2.75) is 77.7 Å². The zero-order valence-electron chi connectivity index (χ0n) is 17.4. The lowest BCUT2D eigenvalue weighted by molar-refractivity contribution is 0.0356. The molecule has 6 heteroatoms. The number of nitriles is 1. The standard InChI is InChI=1S/C22H30BrN2O2P/c1-14(2)25-19-18-10-11-22(5,21(18,3)4)20(19)27-28(25,26)17(13-24)12-15-6-8-16(23)9-7-15/h6-9,14,17-20H,10-12H2,1-5H3/t17-,18+,19+,20+,22-,28?/m0/s1. The molecule has 3 fully saturated rings. The topological polar surface area (TPSA) is 53.3 Å². The summed E-state index contributed by atoms with van der Waals surface area (Å²) in [5, 5.41) is 10.0. The summed E-state index contributed by atoms with van der Waals surface area (Å²) in [4.78, 5) is 0. The summed E-state index contributed by atoms with van der Waals surface area (Å²) < 4.78 is 24.0. The third kappa shape index (κ3) is 2.64. The van der Waals surface area contributed by atoms with Crippen LogP contribution in [-0.4, -0.2) is 28.5 Å². The molecule has 1 unspecified atom stereocenters. The minimum atomic E-state index is -3.27. The highest BCUT2D eigenvalue weighted by molar-refractivity contribution is 9.10. The molecule has 0 aromatic heterocycles. The van der Waals surface area contributed by atoms with Crippen LogP contribution >= 0.6 is 23.4 Å². The van der Waals surface area contributed by atoms with E-state index in [1.54, 1.807) is 0 Å². The van der Waals surface area contributed by atoms with E-state index >= 15 is 0 Å². The van der Waals surface area contributed by atoms with E-state index in [-0.39, 0.29) is 29.0 Å². The predicted molar refractivity (Wildman–Crippen MR) is 115 cm³/mol. The largest absolute Gasteiger partial charge is 0.311 e. The molecule has 1 aliphatic heterocycles. The summed E-state index contributed by atoms with van der Waals surface area (Å²) in [6.07, 6.45) is 2.67. The molecule has 28 heavy (non-hydrogen) atoms. The molecular weight excluding hydrogens is 435 g/mol. The van der Waals surface area contributed by atoms with Gasteiger partial charge in [0.05, 0.1) is 12.2 Å². The Labute approximate surface area is 177 Å². The summed E-state index contributed by atoms with van der Waals surface area (Å²) >= 11 is 3.45. The first-order chi connectivity index (χ1) is 13.1. The predicted octanol–water partition coefficient (Wildman–Crippen LogP) is 6.01. The van der Waals surface area contributed by atoms with E-state index in [0.29, 0.717) is 12.3 Å². The fourth-order valence-electron chi connectivity index (χ4n) is 6.14. The van der Waals surface area contributed by atoms with Crippen molar-refractivity contribution in [3.05, 3.63) is 34.3 Å². The molecular formula is C22H30BrN2O2P. The van der Waals surface area contributed by atoms with Gasteiger partial charge in [0.2, 0.25) is 0 Å². The summed E-state index contributed by atoms with van der Waals surface area (Å²) in [6.45, 7) is 11.2. The van der Waals surface area contributed by atoms with Crippen molar-refractivity contribution in [1.29, 1.82) is 5.26 Å². The van der Waals surface area contributed by atoms with Gasteiger partial charge in [0.15, 0.2) is 0 Å². The Hall–Kier alpha value is -0.660. The van der Waals surface area contributed by atoms with Gasteiger partial charge >= 0.3 is 0 Å². The first-order valence-corrected chi connectivity index (χ1v) is 12.7. The fraction of sp³-hybridized carbons (Fsp3) is 0.682. The van der Waals surface area contributed by atoms with Gasteiger partial charge < -0.3 is 4.52 Å². The maximum Gasteiger partial charge on any atom is 0.290 e. The zero-order valence-corrected chi connectivity index (χ0v) is 19.8. The molecule has 0 radical (unpaired) electrons. The Balaban J connectivity index is 1.71. The van der Waals surface area contributed by atoms with Gasteiger partial charge in [0.25, 0.3) is 7.52 Å². The van der Waals surface area contributed by atoms with Crippen LogP contribution in [0.15, 0.2) is 28.7 Å². The average Bonchev–Trinajstić information content (AvgIpc) is 3.12. The van der Waals surface area contributed by atoms with E-state index < -0.39 is 13.2 Å². The number of hydrogen-bond acceptors (Lipinski definition) is 3. The van der Waals surface area contributed by atoms with Crippen LogP contribution in [0, 0.1) is 28.1 Å². The van der Waals surface area contributed by atoms with E-state index in [1.807, 2.05) is 24.3 Å². The SMILES string of the molecule is CC(C)N1[C@@H]2[C@H]3CC[C@@](C)([C@@H]2OP1(=O)[C@H](C#N)Cc1ccc(Br)cc1)C3(C)C. The van der Waals surface area contributed by atoms with Crippen LogP contribution in [0.3, 0.4) is 0 Å². The molecule has 1 heterocycles. The second-order valence-electron chi connectivity index (χ2n) is 9.81. The van der Waals surface area contributed by atoms with E-state index in [1.165, 1.54) is 0 Å². The first kappa shape index (κ1) is 20.6. The first-order valence-electron chi connectivity index (χ1n) is 10.3. The molecule has 6 atom stereocenters. The monoisotopic (exact) mass is 464 g/mol. The molecule has 2 bridgehead atoms. The van der Waals surface area contributed by atoms with Crippen molar-refractivity contribution in [3.8, 4) is 6.07 Å². The van der Waals surface area contributed by atoms with Crippen molar-refractivity contribution in [3.63, 3.8) is 0 Å². The lowest BCUT2D eigenvalue weighted by Crippen LogP contribution is -2.44. The Kier molecular flexibility index (Phi) is 4.91. The molecule has 1 aromatic rings. The van der Waals surface area contributed by atoms with Crippen molar-refractivity contribution in [1.82, 2.24) is 4.67 Å². The van der Waals surface area contributed by atoms with Crippen LogP contribution in [0.5, 0.6) is 0 Å². The van der Waals surface area contributed by atoms with Gasteiger partial charge in [-0.3, -0.25) is 4.57 Å². The number of hydrogen-bond donors (Lipinski definition) is 0. The van der Waals surface area contributed by atoms with Crippen LogP contribution in [0.4, 0.5) is 0 Å². The van der Waals surface area contributed by atoms with Crippen LogP contribution < -0.4 is 0 Å². The highest BCUT2D eigenvalue weighted by Gasteiger charge is 2.74. The van der Waals surface area contributed by atoms with E-state index in [0.717, 1.165) is 22.9 Å².